The number of halogens is 3. The van der Waals surface area contributed by atoms with E-state index in [0.717, 1.165) is 50.3 Å². The maximum atomic E-state index is 13.1. The monoisotopic (exact) mass is 400 g/mol. The van der Waals surface area contributed by atoms with Crippen LogP contribution in [0.1, 0.15) is 67.2 Å². The predicted molar refractivity (Wildman–Crippen MR) is 109 cm³/mol. The number of nitrogens with zero attached hydrogens (tertiary/aromatic N) is 1. The van der Waals surface area contributed by atoms with Gasteiger partial charge in [-0.15, -0.1) is 0 Å². The van der Waals surface area contributed by atoms with E-state index in [9.17, 15) is 13.2 Å². The van der Waals surface area contributed by atoms with Crippen LogP contribution in [0.4, 0.5) is 13.2 Å². The Bertz CT molecular complexity index is 899. The summed E-state index contributed by atoms with van der Waals surface area (Å²) in [6, 6.07) is 13.3. The van der Waals surface area contributed by atoms with Crippen molar-refractivity contribution in [3.63, 3.8) is 0 Å². The molecular formula is C24H27F3N2. The first-order chi connectivity index (χ1) is 13.9. The lowest BCUT2D eigenvalue weighted by Crippen LogP contribution is -2.44. The van der Waals surface area contributed by atoms with Crippen molar-refractivity contribution in [3.8, 4) is 11.1 Å². The number of likely N-dealkylation sites (tertiary alicyclic amines) is 1. The molecule has 5 heteroatoms. The summed E-state index contributed by atoms with van der Waals surface area (Å²) in [4.78, 5) is 2.67. The molecule has 154 valence electrons. The SMILES string of the molecule is NC1CCC(N2CC[C@@H]3C[C@H]2c2cc(-c4cccc(C(F)(F)F)c4)ccc23)CC1. The summed E-state index contributed by atoms with van der Waals surface area (Å²) in [5, 5.41) is 0. The van der Waals surface area contributed by atoms with Crippen molar-refractivity contribution >= 4 is 0 Å². The molecule has 3 aliphatic rings. The van der Waals surface area contributed by atoms with Gasteiger partial charge in [0, 0.05) is 18.1 Å². The molecule has 2 fully saturated rings. The number of hydrogen-bond acceptors (Lipinski definition) is 2. The minimum atomic E-state index is -4.32. The van der Waals surface area contributed by atoms with Crippen molar-refractivity contribution in [3.05, 3.63) is 59.2 Å². The van der Waals surface area contributed by atoms with E-state index < -0.39 is 11.7 Å². The van der Waals surface area contributed by atoms with Crippen LogP contribution in [-0.4, -0.2) is 23.5 Å². The molecule has 0 amide bonds. The van der Waals surface area contributed by atoms with Gasteiger partial charge in [0.15, 0.2) is 0 Å². The largest absolute Gasteiger partial charge is 0.416 e. The molecule has 5 rings (SSSR count). The van der Waals surface area contributed by atoms with Crippen molar-refractivity contribution < 1.29 is 13.2 Å². The van der Waals surface area contributed by atoms with E-state index >= 15 is 0 Å². The molecule has 1 aliphatic heterocycles. The van der Waals surface area contributed by atoms with Crippen LogP contribution < -0.4 is 5.73 Å². The Balaban J connectivity index is 1.47. The van der Waals surface area contributed by atoms with Crippen LogP contribution in [0.3, 0.4) is 0 Å². The number of fused-ring (bicyclic) bond motifs is 5. The first-order valence-electron chi connectivity index (χ1n) is 10.7. The molecule has 1 saturated carbocycles. The molecule has 0 aromatic heterocycles. The number of benzene rings is 2. The smallest absolute Gasteiger partial charge is 0.328 e. The highest BCUT2D eigenvalue weighted by atomic mass is 19.4. The highest BCUT2D eigenvalue weighted by molar-refractivity contribution is 5.67. The lowest BCUT2D eigenvalue weighted by molar-refractivity contribution is -0.137. The molecule has 0 spiro atoms. The van der Waals surface area contributed by atoms with Gasteiger partial charge in [-0.05, 0) is 91.4 Å². The highest BCUT2D eigenvalue weighted by Gasteiger charge is 2.42. The third-order valence-corrected chi connectivity index (χ3v) is 7.26. The van der Waals surface area contributed by atoms with E-state index in [2.05, 4.69) is 17.0 Å². The third kappa shape index (κ3) is 3.49. The zero-order valence-electron chi connectivity index (χ0n) is 16.5. The zero-order valence-corrected chi connectivity index (χ0v) is 16.5. The van der Waals surface area contributed by atoms with Gasteiger partial charge in [-0.1, -0.05) is 24.3 Å². The second-order valence-electron chi connectivity index (χ2n) is 8.97. The number of piperidine rings is 1. The van der Waals surface area contributed by atoms with Crippen LogP contribution in [0.25, 0.3) is 11.1 Å². The van der Waals surface area contributed by atoms with Crippen LogP contribution in [0, 0.1) is 0 Å². The highest BCUT2D eigenvalue weighted by Crippen LogP contribution is 2.51. The van der Waals surface area contributed by atoms with E-state index in [-0.39, 0.29) is 0 Å². The molecule has 2 aliphatic carbocycles. The van der Waals surface area contributed by atoms with Crippen LogP contribution >= 0.6 is 0 Å². The summed E-state index contributed by atoms with van der Waals surface area (Å²) in [5.74, 6) is 0.590. The number of rotatable bonds is 2. The van der Waals surface area contributed by atoms with E-state index in [0.29, 0.717) is 29.6 Å². The van der Waals surface area contributed by atoms with Crippen molar-refractivity contribution in [1.82, 2.24) is 4.90 Å². The average molecular weight is 400 g/mol. The Morgan fingerprint density at radius 2 is 1.62 bits per heavy atom. The summed E-state index contributed by atoms with van der Waals surface area (Å²) in [6.07, 6.45) is 2.50. The quantitative estimate of drug-likeness (QED) is 0.682. The molecule has 1 heterocycles. The Kier molecular flexibility index (Phi) is 4.71. The number of alkyl halides is 3. The van der Waals surface area contributed by atoms with E-state index in [1.165, 1.54) is 29.7 Å². The standard InChI is InChI=1S/C24H27F3N2/c25-24(26,27)18-3-1-2-15(12-18)16-4-9-21-17-10-11-29(23(14-17)22(21)13-16)20-7-5-19(28)6-8-20/h1-4,9,12-13,17,19-20,23H,5-8,10-11,14,28H2/t17-,19?,20?,23+/m1/s1. The van der Waals surface area contributed by atoms with Crippen LogP contribution in [0.2, 0.25) is 0 Å². The fraction of sp³-hybridized carbons (Fsp3) is 0.500. The van der Waals surface area contributed by atoms with Gasteiger partial charge in [-0.25, -0.2) is 0 Å². The molecule has 0 radical (unpaired) electrons. The summed E-state index contributed by atoms with van der Waals surface area (Å²) < 4.78 is 39.4. The molecule has 2 atom stereocenters. The molecule has 2 aromatic rings. The van der Waals surface area contributed by atoms with E-state index in [1.54, 1.807) is 6.07 Å². The Morgan fingerprint density at radius 1 is 0.862 bits per heavy atom. The average Bonchev–Trinajstić information content (AvgIpc) is 3.00. The normalized spacial score (nSPS) is 29.7. The number of hydrogen-bond donors (Lipinski definition) is 1. The van der Waals surface area contributed by atoms with Gasteiger partial charge < -0.3 is 5.73 Å². The maximum absolute atomic E-state index is 13.1. The Hall–Kier alpha value is -1.85. The minimum absolute atomic E-state index is 0.340. The van der Waals surface area contributed by atoms with Gasteiger partial charge in [0.1, 0.15) is 0 Å². The second-order valence-corrected chi connectivity index (χ2v) is 8.97. The summed E-state index contributed by atoms with van der Waals surface area (Å²) >= 11 is 0. The van der Waals surface area contributed by atoms with Gasteiger partial charge in [0.05, 0.1) is 5.56 Å². The van der Waals surface area contributed by atoms with E-state index in [1.807, 2.05) is 6.07 Å². The first-order valence-corrected chi connectivity index (χ1v) is 10.7. The zero-order chi connectivity index (χ0) is 20.2. The first kappa shape index (κ1) is 19.1. The molecule has 2 N–H and O–H groups in total. The second kappa shape index (κ2) is 7.13. The van der Waals surface area contributed by atoms with Crippen LogP contribution in [0.5, 0.6) is 0 Å². The van der Waals surface area contributed by atoms with E-state index in [4.69, 9.17) is 5.73 Å². The van der Waals surface area contributed by atoms with Gasteiger partial charge in [0.2, 0.25) is 0 Å². The van der Waals surface area contributed by atoms with Crippen molar-refractivity contribution in [2.75, 3.05) is 6.54 Å². The van der Waals surface area contributed by atoms with Gasteiger partial charge in [-0.2, -0.15) is 13.2 Å². The number of nitrogens with two attached hydrogens (primary N) is 1. The molecule has 2 bridgehead atoms. The van der Waals surface area contributed by atoms with Crippen LogP contribution in [0.15, 0.2) is 42.5 Å². The van der Waals surface area contributed by atoms with Crippen molar-refractivity contribution in [2.45, 2.75) is 68.7 Å². The molecular weight excluding hydrogens is 373 g/mol. The Labute approximate surface area is 169 Å². The molecule has 0 unspecified atom stereocenters. The predicted octanol–water partition coefficient (Wildman–Crippen LogP) is 5.88. The Morgan fingerprint density at radius 3 is 2.38 bits per heavy atom. The lowest BCUT2D eigenvalue weighted by atomic mass is 9.87. The summed E-state index contributed by atoms with van der Waals surface area (Å²) in [6.45, 7) is 1.11. The summed E-state index contributed by atoms with van der Waals surface area (Å²) in [7, 11) is 0. The fourth-order valence-electron chi connectivity index (χ4n) is 5.73. The summed E-state index contributed by atoms with van der Waals surface area (Å²) in [5.41, 5.74) is 9.77. The van der Waals surface area contributed by atoms with Gasteiger partial charge in [0.25, 0.3) is 0 Å². The van der Waals surface area contributed by atoms with Gasteiger partial charge in [-0.3, -0.25) is 4.90 Å². The van der Waals surface area contributed by atoms with Crippen LogP contribution in [-0.2, 0) is 6.18 Å². The third-order valence-electron chi connectivity index (χ3n) is 7.26. The molecule has 29 heavy (non-hydrogen) atoms. The topological polar surface area (TPSA) is 29.3 Å². The minimum Gasteiger partial charge on any atom is -0.328 e. The van der Waals surface area contributed by atoms with Crippen molar-refractivity contribution in [1.29, 1.82) is 0 Å². The molecule has 2 nitrogen and oxygen atoms in total. The van der Waals surface area contributed by atoms with Gasteiger partial charge >= 0.3 is 6.18 Å². The maximum Gasteiger partial charge on any atom is 0.416 e. The lowest BCUT2D eigenvalue weighted by Gasteiger charge is -2.42. The molecule has 2 aromatic carbocycles. The fourth-order valence-corrected chi connectivity index (χ4v) is 5.73. The van der Waals surface area contributed by atoms with Crippen molar-refractivity contribution in [2.24, 2.45) is 5.73 Å². The molecule has 1 saturated heterocycles.